The number of piperidine rings is 1. The van der Waals surface area contributed by atoms with E-state index in [1.165, 1.54) is 5.56 Å². The van der Waals surface area contributed by atoms with Crippen molar-refractivity contribution in [2.45, 2.75) is 31.9 Å². The van der Waals surface area contributed by atoms with Crippen LogP contribution in [0.4, 0.5) is 0 Å². The largest absolute Gasteiger partial charge is 0.478 e. The molecule has 1 saturated heterocycles. The SMILES string of the molecule is Cc1c(CN2CCC(Oc3ccc4ncccc4c3)(C(=O)O)CC2)cnn1C. The van der Waals surface area contributed by atoms with Gasteiger partial charge in [0.1, 0.15) is 5.75 Å². The van der Waals surface area contributed by atoms with Crippen molar-refractivity contribution in [1.82, 2.24) is 19.7 Å². The first-order chi connectivity index (χ1) is 13.5. The number of rotatable bonds is 5. The Bertz CT molecular complexity index is 1010. The van der Waals surface area contributed by atoms with Gasteiger partial charge in [-0.05, 0) is 31.2 Å². The highest BCUT2D eigenvalue weighted by Crippen LogP contribution is 2.31. The third-order valence-corrected chi connectivity index (χ3v) is 5.67. The number of hydrogen-bond acceptors (Lipinski definition) is 5. The van der Waals surface area contributed by atoms with E-state index in [0.717, 1.165) is 23.1 Å². The lowest BCUT2D eigenvalue weighted by Gasteiger charge is -2.38. The van der Waals surface area contributed by atoms with E-state index >= 15 is 0 Å². The summed E-state index contributed by atoms with van der Waals surface area (Å²) >= 11 is 0. The molecule has 1 fully saturated rings. The first kappa shape index (κ1) is 18.4. The van der Waals surface area contributed by atoms with E-state index < -0.39 is 11.6 Å². The molecule has 0 amide bonds. The summed E-state index contributed by atoms with van der Waals surface area (Å²) in [6.07, 6.45) is 4.49. The van der Waals surface area contributed by atoms with Gasteiger partial charge in [-0.2, -0.15) is 5.10 Å². The molecule has 28 heavy (non-hydrogen) atoms. The fourth-order valence-electron chi connectivity index (χ4n) is 3.71. The van der Waals surface area contributed by atoms with Gasteiger partial charge in [0.25, 0.3) is 0 Å². The molecular weight excluding hydrogens is 356 g/mol. The van der Waals surface area contributed by atoms with E-state index in [4.69, 9.17) is 4.74 Å². The van der Waals surface area contributed by atoms with Crippen LogP contribution in [0.2, 0.25) is 0 Å². The minimum Gasteiger partial charge on any atom is -0.478 e. The standard InChI is InChI=1S/C21H24N4O3/c1-15-17(13-23-24(15)2)14-25-10-7-21(8-11-25,20(26)27)28-18-5-6-19-16(12-18)4-3-9-22-19/h3-6,9,12-13H,7-8,10-11,14H2,1-2H3,(H,26,27). The first-order valence-corrected chi connectivity index (χ1v) is 9.44. The van der Waals surface area contributed by atoms with Crippen molar-refractivity contribution in [3.63, 3.8) is 0 Å². The zero-order chi connectivity index (χ0) is 19.7. The molecule has 146 valence electrons. The van der Waals surface area contributed by atoms with Gasteiger partial charge in [0, 0.05) is 62.4 Å². The van der Waals surface area contributed by atoms with Gasteiger partial charge in [0.2, 0.25) is 5.60 Å². The summed E-state index contributed by atoms with van der Waals surface area (Å²) in [5.41, 5.74) is 1.97. The van der Waals surface area contributed by atoms with E-state index in [0.29, 0.717) is 31.7 Å². The first-order valence-electron chi connectivity index (χ1n) is 9.44. The number of carboxylic acid groups (broad SMARTS) is 1. The van der Waals surface area contributed by atoms with Gasteiger partial charge in [-0.3, -0.25) is 14.6 Å². The van der Waals surface area contributed by atoms with E-state index in [1.54, 1.807) is 12.3 Å². The van der Waals surface area contributed by atoms with Gasteiger partial charge >= 0.3 is 5.97 Å². The lowest BCUT2D eigenvalue weighted by atomic mass is 9.90. The number of ether oxygens (including phenoxy) is 1. The normalized spacial score (nSPS) is 16.9. The molecule has 1 aliphatic heterocycles. The molecule has 4 rings (SSSR count). The molecule has 2 aromatic heterocycles. The molecule has 1 N–H and O–H groups in total. The van der Waals surface area contributed by atoms with Gasteiger partial charge in [0.15, 0.2) is 0 Å². The molecule has 1 aliphatic rings. The Balaban J connectivity index is 1.48. The zero-order valence-corrected chi connectivity index (χ0v) is 16.1. The Hall–Kier alpha value is -2.93. The summed E-state index contributed by atoms with van der Waals surface area (Å²) in [4.78, 5) is 18.7. The van der Waals surface area contributed by atoms with Gasteiger partial charge < -0.3 is 9.84 Å². The number of pyridine rings is 1. The highest BCUT2D eigenvalue weighted by molar-refractivity contribution is 5.81. The van der Waals surface area contributed by atoms with Crippen molar-refractivity contribution in [2.75, 3.05) is 13.1 Å². The third-order valence-electron chi connectivity index (χ3n) is 5.67. The smallest absolute Gasteiger partial charge is 0.348 e. The van der Waals surface area contributed by atoms with Crippen LogP contribution in [0.15, 0.2) is 42.7 Å². The van der Waals surface area contributed by atoms with Crippen LogP contribution in [-0.2, 0) is 18.4 Å². The van der Waals surface area contributed by atoms with E-state index in [9.17, 15) is 9.90 Å². The number of aromatic nitrogens is 3. The van der Waals surface area contributed by atoms with Crippen LogP contribution in [0, 0.1) is 6.92 Å². The van der Waals surface area contributed by atoms with Crippen LogP contribution >= 0.6 is 0 Å². The lowest BCUT2D eigenvalue weighted by Crippen LogP contribution is -2.53. The summed E-state index contributed by atoms with van der Waals surface area (Å²) in [5, 5.41) is 15.1. The maximum Gasteiger partial charge on any atom is 0.348 e. The van der Waals surface area contributed by atoms with Crippen LogP contribution < -0.4 is 4.74 Å². The van der Waals surface area contributed by atoms with Gasteiger partial charge in [-0.15, -0.1) is 0 Å². The molecule has 0 aliphatic carbocycles. The Morgan fingerprint density at radius 1 is 1.29 bits per heavy atom. The van der Waals surface area contributed by atoms with E-state index in [-0.39, 0.29) is 0 Å². The molecule has 7 nitrogen and oxygen atoms in total. The van der Waals surface area contributed by atoms with Gasteiger partial charge in [-0.1, -0.05) is 6.07 Å². The van der Waals surface area contributed by atoms with Crippen molar-refractivity contribution in [3.8, 4) is 5.75 Å². The predicted octanol–water partition coefficient (Wildman–Crippen LogP) is 2.77. The molecule has 0 unspecified atom stereocenters. The number of hydrogen-bond donors (Lipinski definition) is 1. The molecule has 7 heteroatoms. The number of aryl methyl sites for hydroxylation is 1. The van der Waals surface area contributed by atoms with Crippen molar-refractivity contribution >= 4 is 16.9 Å². The molecule has 0 radical (unpaired) electrons. The monoisotopic (exact) mass is 380 g/mol. The average molecular weight is 380 g/mol. The molecule has 3 heterocycles. The second kappa shape index (κ2) is 7.24. The quantitative estimate of drug-likeness (QED) is 0.733. The summed E-state index contributed by atoms with van der Waals surface area (Å²) in [7, 11) is 1.93. The minimum absolute atomic E-state index is 0.437. The number of likely N-dealkylation sites (tertiary alicyclic amines) is 1. The zero-order valence-electron chi connectivity index (χ0n) is 16.1. The third kappa shape index (κ3) is 3.45. The molecule has 1 aromatic carbocycles. The number of nitrogens with zero attached hydrogens (tertiary/aromatic N) is 4. The number of carbonyl (C=O) groups is 1. The van der Waals surface area contributed by atoms with Gasteiger partial charge in [0.05, 0.1) is 11.7 Å². The number of fused-ring (bicyclic) bond motifs is 1. The number of aliphatic carboxylic acids is 1. The topological polar surface area (TPSA) is 80.5 Å². The Kier molecular flexibility index (Phi) is 4.77. The number of carboxylic acids is 1. The molecule has 0 atom stereocenters. The Morgan fingerprint density at radius 2 is 2.07 bits per heavy atom. The number of benzene rings is 1. The van der Waals surface area contributed by atoms with E-state index in [2.05, 4.69) is 15.0 Å². The van der Waals surface area contributed by atoms with Crippen LogP contribution in [0.5, 0.6) is 5.75 Å². The van der Waals surface area contributed by atoms with Crippen LogP contribution in [-0.4, -0.2) is 49.4 Å². The van der Waals surface area contributed by atoms with Crippen LogP contribution in [0.1, 0.15) is 24.1 Å². The molecule has 0 spiro atoms. The molecule has 0 bridgehead atoms. The summed E-state index contributed by atoms with van der Waals surface area (Å²) in [6, 6.07) is 9.32. The molecule has 3 aromatic rings. The van der Waals surface area contributed by atoms with Crippen LogP contribution in [0.3, 0.4) is 0 Å². The Morgan fingerprint density at radius 3 is 2.75 bits per heavy atom. The summed E-state index contributed by atoms with van der Waals surface area (Å²) in [6.45, 7) is 4.15. The second-order valence-electron chi connectivity index (χ2n) is 7.41. The summed E-state index contributed by atoms with van der Waals surface area (Å²) < 4.78 is 7.93. The van der Waals surface area contributed by atoms with Gasteiger partial charge in [-0.25, -0.2) is 4.79 Å². The van der Waals surface area contributed by atoms with Crippen molar-refractivity contribution in [3.05, 3.63) is 54.0 Å². The van der Waals surface area contributed by atoms with Crippen molar-refractivity contribution in [1.29, 1.82) is 0 Å². The molecular formula is C21H24N4O3. The molecule has 0 saturated carbocycles. The fraction of sp³-hybridized carbons (Fsp3) is 0.381. The average Bonchev–Trinajstić information content (AvgIpc) is 3.01. The maximum atomic E-state index is 12.1. The lowest BCUT2D eigenvalue weighted by molar-refractivity contribution is -0.159. The summed E-state index contributed by atoms with van der Waals surface area (Å²) in [5.74, 6) is -0.338. The second-order valence-corrected chi connectivity index (χ2v) is 7.41. The highest BCUT2D eigenvalue weighted by atomic mass is 16.5. The fourth-order valence-corrected chi connectivity index (χ4v) is 3.71. The van der Waals surface area contributed by atoms with Crippen molar-refractivity contribution in [2.24, 2.45) is 7.05 Å². The van der Waals surface area contributed by atoms with Crippen LogP contribution in [0.25, 0.3) is 10.9 Å². The highest BCUT2D eigenvalue weighted by Gasteiger charge is 2.44. The van der Waals surface area contributed by atoms with Crippen molar-refractivity contribution < 1.29 is 14.6 Å². The predicted molar refractivity (Wildman–Crippen MR) is 105 cm³/mol. The van der Waals surface area contributed by atoms with E-state index in [1.807, 2.05) is 49.1 Å². The Labute approximate surface area is 163 Å². The minimum atomic E-state index is -1.20. The maximum absolute atomic E-state index is 12.1.